The summed E-state index contributed by atoms with van der Waals surface area (Å²) >= 11 is 0. The first kappa shape index (κ1) is 18.4. The maximum atomic E-state index is 13.8. The highest BCUT2D eigenvalue weighted by Gasteiger charge is 2.25. The summed E-state index contributed by atoms with van der Waals surface area (Å²) in [6, 6.07) is 3.65. The second kappa shape index (κ2) is 7.55. The molecule has 0 heterocycles. The molecule has 0 bridgehead atoms. The van der Waals surface area contributed by atoms with E-state index in [9.17, 15) is 17.6 Å². The summed E-state index contributed by atoms with van der Waals surface area (Å²) in [6.07, 6.45) is -0.521. The molecule has 0 aliphatic rings. The number of hydrogen-bond donors (Lipinski definition) is 1. The Morgan fingerprint density at radius 2 is 1.95 bits per heavy atom. The minimum absolute atomic E-state index is 0.0193. The van der Waals surface area contributed by atoms with Gasteiger partial charge in [-0.15, -0.1) is 0 Å². The van der Waals surface area contributed by atoms with Crippen molar-refractivity contribution >= 4 is 21.7 Å². The molecule has 0 saturated heterocycles. The van der Waals surface area contributed by atoms with Crippen LogP contribution in [-0.4, -0.2) is 40.5 Å². The first-order chi connectivity index (χ1) is 10.2. The van der Waals surface area contributed by atoms with E-state index in [0.29, 0.717) is 0 Å². The van der Waals surface area contributed by atoms with Crippen LogP contribution in [0.3, 0.4) is 0 Å². The molecule has 0 spiro atoms. The summed E-state index contributed by atoms with van der Waals surface area (Å²) in [6.45, 7) is 3.65. The molecular weight excluding hydrogens is 313 g/mol. The van der Waals surface area contributed by atoms with Crippen molar-refractivity contribution in [1.82, 2.24) is 0 Å². The van der Waals surface area contributed by atoms with E-state index >= 15 is 0 Å². The highest BCUT2D eigenvalue weighted by molar-refractivity contribution is 7.92. The maximum absolute atomic E-state index is 13.8. The van der Waals surface area contributed by atoms with Crippen LogP contribution in [0.25, 0.3) is 0 Å². The van der Waals surface area contributed by atoms with E-state index in [2.05, 4.69) is 9.46 Å². The summed E-state index contributed by atoms with van der Waals surface area (Å²) in [5, 5.41) is 0. The molecule has 0 aliphatic carbocycles. The van der Waals surface area contributed by atoms with Crippen molar-refractivity contribution in [2.45, 2.75) is 20.0 Å². The van der Waals surface area contributed by atoms with Crippen molar-refractivity contribution in [2.75, 3.05) is 24.7 Å². The Kier molecular flexibility index (Phi) is 6.31. The van der Waals surface area contributed by atoms with Crippen LogP contribution >= 0.6 is 0 Å². The highest BCUT2D eigenvalue weighted by atomic mass is 32.2. The molecule has 0 saturated carbocycles. The predicted octanol–water partition coefficient (Wildman–Crippen LogP) is 2.02. The third-order valence-corrected chi connectivity index (χ3v) is 4.40. The second-order valence-electron chi connectivity index (χ2n) is 5.06. The van der Waals surface area contributed by atoms with Crippen molar-refractivity contribution < 1.29 is 27.1 Å². The Hall–Kier alpha value is -1.67. The van der Waals surface area contributed by atoms with Gasteiger partial charge in [0, 0.05) is 7.11 Å². The van der Waals surface area contributed by atoms with Crippen LogP contribution in [0.5, 0.6) is 0 Å². The minimum Gasteiger partial charge on any atom is -0.465 e. The number of anilines is 1. The first-order valence-corrected chi connectivity index (χ1v) is 8.27. The molecule has 124 valence electrons. The van der Waals surface area contributed by atoms with Crippen LogP contribution in [0.1, 0.15) is 24.2 Å². The molecule has 0 aliphatic heterocycles. The topological polar surface area (TPSA) is 81.7 Å². The van der Waals surface area contributed by atoms with Crippen LogP contribution < -0.4 is 4.72 Å². The molecule has 0 fully saturated rings. The number of rotatable bonds is 7. The highest BCUT2D eigenvalue weighted by Crippen LogP contribution is 2.22. The lowest BCUT2D eigenvalue weighted by atomic mass is 10.1. The smallest absolute Gasteiger partial charge is 0.343 e. The molecule has 0 radical (unpaired) electrons. The average Bonchev–Trinajstić information content (AvgIpc) is 2.43. The van der Waals surface area contributed by atoms with Crippen LogP contribution in [0.2, 0.25) is 0 Å². The van der Waals surface area contributed by atoms with Crippen LogP contribution in [0.15, 0.2) is 18.2 Å². The van der Waals surface area contributed by atoms with Crippen molar-refractivity contribution in [3.63, 3.8) is 0 Å². The number of hydrogen-bond acceptors (Lipinski definition) is 5. The second-order valence-corrected chi connectivity index (χ2v) is 6.82. The first-order valence-electron chi connectivity index (χ1n) is 6.62. The molecule has 1 aromatic carbocycles. The van der Waals surface area contributed by atoms with Gasteiger partial charge in [-0.05, 0) is 18.1 Å². The third kappa shape index (κ3) is 4.67. The normalized spacial score (nSPS) is 13.0. The van der Waals surface area contributed by atoms with Gasteiger partial charge >= 0.3 is 5.97 Å². The fraction of sp³-hybridized carbons (Fsp3) is 0.500. The molecule has 6 nitrogen and oxygen atoms in total. The van der Waals surface area contributed by atoms with E-state index in [1.807, 2.05) is 13.8 Å². The summed E-state index contributed by atoms with van der Waals surface area (Å²) in [5.41, 5.74) is -0.613. The van der Waals surface area contributed by atoms with Crippen molar-refractivity contribution in [3.8, 4) is 0 Å². The Labute approximate surface area is 129 Å². The largest absolute Gasteiger partial charge is 0.465 e. The number of carbonyl (C=O) groups excluding carboxylic acids is 1. The van der Waals surface area contributed by atoms with E-state index in [1.54, 1.807) is 0 Å². The fourth-order valence-electron chi connectivity index (χ4n) is 1.88. The van der Waals surface area contributed by atoms with Gasteiger partial charge in [0.15, 0.2) is 0 Å². The molecule has 22 heavy (non-hydrogen) atoms. The zero-order valence-electron chi connectivity index (χ0n) is 12.9. The molecule has 1 aromatic rings. The van der Waals surface area contributed by atoms with Crippen LogP contribution in [0, 0.1) is 11.7 Å². The zero-order chi connectivity index (χ0) is 16.9. The van der Waals surface area contributed by atoms with Crippen LogP contribution in [0.4, 0.5) is 10.1 Å². The van der Waals surface area contributed by atoms with Gasteiger partial charge in [-0.3, -0.25) is 4.72 Å². The molecule has 1 atom stereocenters. The molecule has 1 N–H and O–H groups in total. The third-order valence-electron chi connectivity index (χ3n) is 3.10. The van der Waals surface area contributed by atoms with Crippen molar-refractivity contribution in [3.05, 3.63) is 29.6 Å². The lowest BCUT2D eigenvalue weighted by Crippen LogP contribution is -2.31. The van der Waals surface area contributed by atoms with E-state index in [0.717, 1.165) is 13.2 Å². The van der Waals surface area contributed by atoms with Gasteiger partial charge in [0.2, 0.25) is 10.0 Å². The number of methoxy groups -OCH3 is 2. The Morgan fingerprint density at radius 1 is 1.32 bits per heavy atom. The number of carbonyl (C=O) groups is 1. The lowest BCUT2D eigenvalue weighted by molar-refractivity contribution is 0.0597. The quantitative estimate of drug-likeness (QED) is 0.772. The number of ether oxygens (including phenoxy) is 2. The summed E-state index contributed by atoms with van der Waals surface area (Å²) in [5.74, 6) is -2.14. The molecule has 1 rings (SSSR count). The predicted molar refractivity (Wildman–Crippen MR) is 80.8 cm³/mol. The fourth-order valence-corrected chi connectivity index (χ4v) is 3.42. The molecule has 8 heteroatoms. The molecule has 0 aromatic heterocycles. The SMILES string of the molecule is COC(=O)c1c(F)cccc1NS(=O)(=O)CC(OC)C(C)C. The lowest BCUT2D eigenvalue weighted by Gasteiger charge is -2.20. The number of halogens is 1. The number of esters is 1. The number of sulfonamides is 1. The van der Waals surface area contributed by atoms with Gasteiger partial charge in [0.05, 0.1) is 24.7 Å². The molecular formula is C14H20FNO5S. The van der Waals surface area contributed by atoms with Crippen molar-refractivity contribution in [2.24, 2.45) is 5.92 Å². The van der Waals surface area contributed by atoms with E-state index < -0.39 is 33.5 Å². The summed E-state index contributed by atoms with van der Waals surface area (Å²) < 4.78 is 49.9. The Morgan fingerprint density at radius 3 is 2.45 bits per heavy atom. The maximum Gasteiger partial charge on any atom is 0.343 e. The van der Waals surface area contributed by atoms with Gasteiger partial charge in [0.25, 0.3) is 0 Å². The van der Waals surface area contributed by atoms with Gasteiger partial charge in [-0.2, -0.15) is 0 Å². The van der Waals surface area contributed by atoms with Gasteiger partial charge in [0.1, 0.15) is 11.4 Å². The standard InChI is InChI=1S/C14H20FNO5S/c1-9(2)12(20-3)8-22(18,19)16-11-7-5-6-10(15)13(11)14(17)21-4/h5-7,9,12,16H,8H2,1-4H3. The molecule has 0 amide bonds. The molecule has 1 unspecified atom stereocenters. The summed E-state index contributed by atoms with van der Waals surface area (Å²) in [7, 11) is -1.31. The van der Waals surface area contributed by atoms with Gasteiger partial charge in [-0.25, -0.2) is 17.6 Å². The zero-order valence-corrected chi connectivity index (χ0v) is 13.7. The minimum atomic E-state index is -3.82. The van der Waals surface area contributed by atoms with E-state index in [4.69, 9.17) is 4.74 Å². The Bertz CT molecular complexity index is 630. The Balaban J connectivity index is 3.09. The van der Waals surface area contributed by atoms with Crippen molar-refractivity contribution in [1.29, 1.82) is 0 Å². The number of benzene rings is 1. The van der Waals surface area contributed by atoms with E-state index in [-0.39, 0.29) is 17.4 Å². The van der Waals surface area contributed by atoms with Gasteiger partial charge < -0.3 is 9.47 Å². The van der Waals surface area contributed by atoms with E-state index in [1.165, 1.54) is 19.2 Å². The van der Waals surface area contributed by atoms with Crippen LogP contribution in [-0.2, 0) is 19.5 Å². The summed E-state index contributed by atoms with van der Waals surface area (Å²) in [4.78, 5) is 11.6. The monoisotopic (exact) mass is 333 g/mol. The van der Waals surface area contributed by atoms with Gasteiger partial charge in [-0.1, -0.05) is 19.9 Å². The number of nitrogens with one attached hydrogen (secondary N) is 1. The average molecular weight is 333 g/mol.